The van der Waals surface area contributed by atoms with E-state index in [4.69, 9.17) is 5.73 Å². The van der Waals surface area contributed by atoms with Crippen LogP contribution >= 0.6 is 0 Å². The van der Waals surface area contributed by atoms with Gasteiger partial charge in [0.1, 0.15) is 0 Å². The van der Waals surface area contributed by atoms with Gasteiger partial charge in [-0.15, -0.1) is 0 Å². The smallest absolute Gasteiger partial charge is 0.219 e. The molecule has 0 heterocycles. The molecular weight excluding hydrogens is 236 g/mol. The fraction of sp³-hybridized carbons (Fsp3) is 0.562. The van der Waals surface area contributed by atoms with Gasteiger partial charge in [0.15, 0.2) is 0 Å². The highest BCUT2D eigenvalue weighted by Gasteiger charge is 2.28. The number of hydrogen-bond donors (Lipinski definition) is 2. The van der Waals surface area contributed by atoms with Crippen molar-refractivity contribution in [2.24, 2.45) is 5.73 Å². The van der Waals surface area contributed by atoms with Crippen LogP contribution in [-0.4, -0.2) is 12.5 Å². The first-order valence-electron chi connectivity index (χ1n) is 6.83. The summed E-state index contributed by atoms with van der Waals surface area (Å²) >= 11 is 0. The zero-order chi connectivity index (χ0) is 14.7. The Kier molecular flexibility index (Phi) is 4.75. The van der Waals surface area contributed by atoms with Crippen molar-refractivity contribution in [2.75, 3.05) is 6.54 Å². The van der Waals surface area contributed by atoms with Crippen molar-refractivity contribution in [3.8, 4) is 0 Å². The second-order valence-electron chi connectivity index (χ2n) is 6.33. The minimum absolute atomic E-state index is 0.136. The summed E-state index contributed by atoms with van der Waals surface area (Å²) in [7, 11) is 0. The van der Waals surface area contributed by atoms with Crippen LogP contribution in [0, 0.1) is 0 Å². The van der Waals surface area contributed by atoms with E-state index in [0.717, 1.165) is 12.1 Å². The number of rotatable bonds is 5. The van der Waals surface area contributed by atoms with Gasteiger partial charge >= 0.3 is 0 Å². The fourth-order valence-electron chi connectivity index (χ4n) is 2.34. The molecule has 1 aromatic rings. The van der Waals surface area contributed by atoms with E-state index in [2.05, 4.69) is 50.4 Å². The molecule has 0 aliphatic rings. The Hall–Kier alpha value is -1.35. The number of hydrogen-bond acceptors (Lipinski definition) is 2. The summed E-state index contributed by atoms with van der Waals surface area (Å²) < 4.78 is 0. The predicted octanol–water partition coefficient (Wildman–Crippen LogP) is 2.68. The molecule has 0 bridgehead atoms. The molecular formula is C16H26N2O. The second kappa shape index (κ2) is 5.74. The molecule has 3 heteroatoms. The summed E-state index contributed by atoms with van der Waals surface area (Å²) in [5, 5.41) is 3.36. The number of carbonyl (C=O) groups excluding carboxylic acids is 1. The highest BCUT2D eigenvalue weighted by molar-refractivity contribution is 5.75. The summed E-state index contributed by atoms with van der Waals surface area (Å²) in [5.41, 5.74) is 7.49. The molecule has 0 aliphatic heterocycles. The molecule has 0 fully saturated rings. The lowest BCUT2D eigenvalue weighted by Gasteiger charge is -2.31. The van der Waals surface area contributed by atoms with E-state index in [1.165, 1.54) is 5.56 Å². The van der Waals surface area contributed by atoms with Crippen LogP contribution in [0.25, 0.3) is 0 Å². The Labute approximate surface area is 116 Å². The minimum Gasteiger partial charge on any atom is -0.370 e. The summed E-state index contributed by atoms with van der Waals surface area (Å²) in [6.45, 7) is 11.4. The lowest BCUT2D eigenvalue weighted by atomic mass is 9.83. The molecule has 0 saturated heterocycles. The minimum atomic E-state index is -0.392. The lowest BCUT2D eigenvalue weighted by Crippen LogP contribution is -2.42. The fourth-order valence-corrected chi connectivity index (χ4v) is 2.34. The first kappa shape index (κ1) is 15.7. The topological polar surface area (TPSA) is 55.1 Å². The van der Waals surface area contributed by atoms with Crippen LogP contribution in [0.1, 0.15) is 52.2 Å². The van der Waals surface area contributed by atoms with Crippen LogP contribution in [0.5, 0.6) is 0 Å². The maximum Gasteiger partial charge on any atom is 0.219 e. The zero-order valence-electron chi connectivity index (χ0n) is 12.7. The average Bonchev–Trinajstić information content (AvgIpc) is 2.27. The highest BCUT2D eigenvalue weighted by atomic mass is 16.1. The third-order valence-electron chi connectivity index (χ3n) is 3.48. The van der Waals surface area contributed by atoms with Gasteiger partial charge in [-0.2, -0.15) is 0 Å². The molecule has 0 saturated carbocycles. The molecule has 3 nitrogen and oxygen atoms in total. The maximum atomic E-state index is 11.3. The normalized spacial score (nSPS) is 15.0. The molecule has 3 N–H and O–H groups in total. The Morgan fingerprint density at radius 2 is 1.58 bits per heavy atom. The van der Waals surface area contributed by atoms with Gasteiger partial charge in [-0.25, -0.2) is 0 Å². The van der Waals surface area contributed by atoms with E-state index in [1.54, 1.807) is 0 Å². The monoisotopic (exact) mass is 262 g/mol. The van der Waals surface area contributed by atoms with Gasteiger partial charge in [0.2, 0.25) is 5.91 Å². The third-order valence-corrected chi connectivity index (χ3v) is 3.48. The van der Waals surface area contributed by atoms with Gasteiger partial charge in [0.25, 0.3) is 0 Å². The van der Waals surface area contributed by atoms with E-state index in [-0.39, 0.29) is 11.3 Å². The van der Waals surface area contributed by atoms with Crippen molar-refractivity contribution in [3.05, 3.63) is 35.4 Å². The van der Waals surface area contributed by atoms with Crippen LogP contribution in [0.4, 0.5) is 0 Å². The van der Waals surface area contributed by atoms with E-state index in [9.17, 15) is 4.79 Å². The molecule has 0 spiro atoms. The molecule has 106 valence electrons. The number of nitrogens with one attached hydrogen (secondary N) is 1. The molecule has 0 aliphatic carbocycles. The predicted molar refractivity (Wildman–Crippen MR) is 80.0 cm³/mol. The van der Waals surface area contributed by atoms with Crippen molar-refractivity contribution in [1.82, 2.24) is 5.32 Å². The molecule has 1 aromatic carbocycles. The van der Waals surface area contributed by atoms with Gasteiger partial charge in [-0.3, -0.25) is 4.79 Å². The van der Waals surface area contributed by atoms with Crippen LogP contribution in [0.15, 0.2) is 24.3 Å². The standard InChI is InChI=1S/C16H26N2O/c1-6-18-16(5,11-14(17)19)13-9-7-12(8-10-13)15(2,3)4/h7-10,18H,6,11H2,1-5H3,(H2,17,19). The Bertz CT molecular complexity index is 431. The highest BCUT2D eigenvalue weighted by Crippen LogP contribution is 2.28. The van der Waals surface area contributed by atoms with E-state index >= 15 is 0 Å². The summed E-state index contributed by atoms with van der Waals surface area (Å²) in [6.07, 6.45) is 0.301. The summed E-state index contributed by atoms with van der Waals surface area (Å²) in [5.74, 6) is -0.289. The van der Waals surface area contributed by atoms with Gasteiger partial charge in [0.05, 0.1) is 0 Å². The third kappa shape index (κ3) is 4.06. The van der Waals surface area contributed by atoms with Crippen LogP contribution in [-0.2, 0) is 15.7 Å². The van der Waals surface area contributed by atoms with Crippen molar-refractivity contribution >= 4 is 5.91 Å². The Morgan fingerprint density at radius 3 is 1.95 bits per heavy atom. The van der Waals surface area contributed by atoms with Crippen LogP contribution in [0.3, 0.4) is 0 Å². The number of carbonyl (C=O) groups is 1. The maximum absolute atomic E-state index is 11.3. The molecule has 1 unspecified atom stereocenters. The quantitative estimate of drug-likeness (QED) is 0.857. The largest absolute Gasteiger partial charge is 0.370 e. The van der Waals surface area contributed by atoms with Crippen LogP contribution < -0.4 is 11.1 Å². The first-order valence-corrected chi connectivity index (χ1v) is 6.83. The molecule has 1 atom stereocenters. The van der Waals surface area contributed by atoms with Gasteiger partial charge < -0.3 is 11.1 Å². The molecule has 1 rings (SSSR count). The van der Waals surface area contributed by atoms with Crippen LogP contribution in [0.2, 0.25) is 0 Å². The molecule has 0 radical (unpaired) electrons. The van der Waals surface area contributed by atoms with E-state index in [0.29, 0.717) is 6.42 Å². The Balaban J connectivity index is 3.07. The van der Waals surface area contributed by atoms with Crippen molar-refractivity contribution in [3.63, 3.8) is 0 Å². The second-order valence-corrected chi connectivity index (χ2v) is 6.33. The molecule has 0 aromatic heterocycles. The number of nitrogens with two attached hydrogens (primary N) is 1. The average molecular weight is 262 g/mol. The van der Waals surface area contributed by atoms with Crippen molar-refractivity contribution in [1.29, 1.82) is 0 Å². The summed E-state index contributed by atoms with van der Waals surface area (Å²) in [6, 6.07) is 8.44. The molecule has 19 heavy (non-hydrogen) atoms. The van der Waals surface area contributed by atoms with Crippen molar-refractivity contribution < 1.29 is 4.79 Å². The lowest BCUT2D eigenvalue weighted by molar-refractivity contribution is -0.119. The first-order chi connectivity index (χ1) is 8.69. The number of primary amides is 1. The molecule has 1 amide bonds. The number of amides is 1. The van der Waals surface area contributed by atoms with Gasteiger partial charge in [-0.05, 0) is 30.0 Å². The van der Waals surface area contributed by atoms with Gasteiger partial charge in [0, 0.05) is 12.0 Å². The number of benzene rings is 1. The van der Waals surface area contributed by atoms with Gasteiger partial charge in [-0.1, -0.05) is 52.0 Å². The zero-order valence-corrected chi connectivity index (χ0v) is 12.7. The van der Waals surface area contributed by atoms with E-state index < -0.39 is 5.54 Å². The Morgan fingerprint density at radius 1 is 1.11 bits per heavy atom. The SMILES string of the molecule is CCNC(C)(CC(N)=O)c1ccc(C(C)(C)C)cc1. The van der Waals surface area contributed by atoms with Crippen molar-refractivity contribution in [2.45, 2.75) is 52.0 Å². The summed E-state index contributed by atoms with van der Waals surface area (Å²) in [4.78, 5) is 11.3. The van der Waals surface area contributed by atoms with E-state index in [1.807, 2.05) is 13.8 Å².